The number of anilines is 2. The number of nitrogens with two attached hydrogens (primary N) is 6. The number of imide groups is 1. The summed E-state index contributed by atoms with van der Waals surface area (Å²) in [4.78, 5) is 166. The van der Waals surface area contributed by atoms with Gasteiger partial charge in [0.25, 0.3) is 11.8 Å². The minimum atomic E-state index is -4.03. The molecule has 662 valence electrons. The summed E-state index contributed by atoms with van der Waals surface area (Å²) in [5, 5.41) is 25.1. The molecular formula is C86H112N21O15S2+. The minimum absolute atomic E-state index is 0.0184. The molecule has 12 amide bonds. The number of guanidine groups is 2. The van der Waals surface area contributed by atoms with Crippen LogP contribution in [-0.4, -0.2) is 209 Å². The highest BCUT2D eigenvalue weighted by Crippen LogP contribution is 2.44. The van der Waals surface area contributed by atoms with E-state index in [1.54, 1.807) is 56.3 Å². The molecule has 4 aliphatic rings. The average Bonchev–Trinajstić information content (AvgIpc) is 0.769. The molecule has 36 nitrogen and oxygen atoms in total. The fourth-order valence-corrected chi connectivity index (χ4v) is 15.7. The number of aliphatic imine (C=N–C) groups is 2. The number of primary amides is 1. The molecule has 0 saturated carbocycles. The largest absolute Gasteiger partial charge is 0.456 e. The number of sulfonamides is 1. The first-order chi connectivity index (χ1) is 59.2. The van der Waals surface area contributed by atoms with Crippen LogP contribution in [0.15, 0.2) is 183 Å². The Morgan fingerprint density at radius 3 is 1.73 bits per heavy atom. The number of nitrogens with one attached hydrogen (secondary N) is 9. The zero-order valence-electron chi connectivity index (χ0n) is 70.1. The number of piperidine rings is 1. The summed E-state index contributed by atoms with van der Waals surface area (Å²) < 4.78 is 39.4. The Kier molecular flexibility index (Phi) is 36.4. The Hall–Kier alpha value is -13.1. The number of fused-ring (bicyclic) bond motifs is 2. The molecular weight excluding hydrogens is 1630 g/mol. The van der Waals surface area contributed by atoms with Crippen molar-refractivity contribution in [3.63, 3.8) is 0 Å². The summed E-state index contributed by atoms with van der Waals surface area (Å²) in [5.41, 5.74) is 38.7. The molecule has 9 rings (SSSR count). The molecule has 3 heterocycles. The van der Waals surface area contributed by atoms with E-state index in [1.807, 2.05) is 137 Å². The van der Waals surface area contributed by atoms with Gasteiger partial charge in [-0.05, 0) is 98.7 Å². The zero-order chi connectivity index (χ0) is 90.3. The first-order valence-electron chi connectivity index (χ1n) is 40.6. The fourth-order valence-electron chi connectivity index (χ4n) is 13.8. The SMILES string of the molecule is CC(C)C[C@H](NC(=O)[C@@H](Cc1ccccc1)NC(=O)CNC(=O)CN)C(=O)N[C@@H](CCCN=C(N)N)C(=O)N[C@@H](CCCN=C(N)N)C(=O)N[C@H](C(=O)N[C@@H](CS)C(=O)NCCC(N)=O)C(C)C.CN(c1ccccc1)c1ccc2c(-c3ccccc3S(=O)(=O)N3CCC(C(=O)NCN4C(=O)C=CC4=O)CC3)c3ccc(=[N+](C)c4ccccc4)cc-3oc2c1. The maximum absolute atomic E-state index is 14.6. The Bertz CT molecular complexity index is 5180. The summed E-state index contributed by atoms with van der Waals surface area (Å²) in [7, 11) is -0.0476. The number of thiol groups is 1. The zero-order valence-corrected chi connectivity index (χ0v) is 71.9. The first-order valence-corrected chi connectivity index (χ1v) is 42.7. The predicted octanol–water partition coefficient (Wildman–Crippen LogP) is 1.05. The molecule has 5 aromatic rings. The predicted molar refractivity (Wildman–Crippen MR) is 474 cm³/mol. The van der Waals surface area contributed by atoms with E-state index in [1.165, 1.54) is 4.31 Å². The third-order valence-corrected chi connectivity index (χ3v) is 22.8. The van der Waals surface area contributed by atoms with Crippen molar-refractivity contribution >= 4 is 133 Å². The van der Waals surface area contributed by atoms with Gasteiger partial charge in [0.15, 0.2) is 11.9 Å². The standard InChI is InChI=1S/C44H39N5O6S.C42H72N16O9S/c1-46(31-11-5-3-6-12-31)33-17-19-35-38(27-33)55-39-28-34(47(2)32-13-7-4-8-14-32)18-20-36(39)43(35)37-15-9-10-16-40(37)56(53,54)48-25-23-30(24-26-48)44(52)45-29-49-41(50)21-22-42(49)51;1-23(2)18-28(56-39(66)29(19-25-10-6-5-7-11-25)53-33(61)21-52-32(60)20-43)38(65)55-26(12-8-15-50-41(45)46)36(63)54-27(13-9-16-51-42(47)48)37(64)58-34(24(3)4)40(67)57-30(22-68)35(62)49-17-14-31(44)59/h3-22,27-28,30H,23-26,29H2,1-2H3;5-7,10-11,23-24,26-30,34,68H,8-9,12-22,43H2,1-4H3,(H2,44,59)(H,49,62)(H,52,60)(H,53,61)(H,54,63)(H,55,65)(H,56,66)(H,57,67)(H,58,64)(H4,45,46,50)(H4,47,48,51)/p+1/t;26-,27-,28-,29+,30-,34-/m.0/s1. The number of para-hydroxylation sites is 2. The molecule has 0 radical (unpaired) electrons. The first kappa shape index (κ1) is 96.4. The van der Waals surface area contributed by atoms with Crippen LogP contribution in [0.5, 0.6) is 0 Å². The average molecular weight is 1740 g/mol. The lowest BCUT2D eigenvalue weighted by Gasteiger charge is -2.31. The number of carbonyl (C=O) groups excluding carboxylic acids is 12. The minimum Gasteiger partial charge on any atom is -0.456 e. The number of hydrogen-bond donors (Lipinski definition) is 16. The molecule has 1 saturated heterocycles. The van der Waals surface area contributed by atoms with E-state index in [0.29, 0.717) is 35.3 Å². The normalized spacial score (nSPS) is 14.5. The van der Waals surface area contributed by atoms with Crippen LogP contribution in [0.1, 0.15) is 84.6 Å². The Morgan fingerprint density at radius 2 is 1.15 bits per heavy atom. The van der Waals surface area contributed by atoms with Crippen molar-refractivity contribution in [3.8, 4) is 22.5 Å². The fraction of sp³-hybridized carbons (Fsp3) is 0.384. The molecule has 1 fully saturated rings. The van der Waals surface area contributed by atoms with Gasteiger partial charge in [-0.15, -0.1) is 0 Å². The van der Waals surface area contributed by atoms with Crippen LogP contribution >= 0.6 is 12.6 Å². The van der Waals surface area contributed by atoms with Gasteiger partial charge in [-0.1, -0.05) is 113 Å². The third-order valence-electron chi connectivity index (χ3n) is 20.5. The lowest BCUT2D eigenvalue weighted by atomic mass is 9.93. The van der Waals surface area contributed by atoms with Gasteiger partial charge in [-0.2, -0.15) is 21.5 Å². The number of hydrogen-bond acceptors (Lipinski definition) is 20. The van der Waals surface area contributed by atoms with Crippen LogP contribution in [0.3, 0.4) is 0 Å². The Balaban J connectivity index is 0.000000312. The molecule has 21 N–H and O–H groups in total. The van der Waals surface area contributed by atoms with E-state index in [0.717, 1.165) is 56.0 Å². The molecule has 3 aliphatic heterocycles. The lowest BCUT2D eigenvalue weighted by Crippen LogP contribution is -2.60. The number of carbonyl (C=O) groups is 12. The van der Waals surface area contributed by atoms with Crippen molar-refractivity contribution in [3.05, 3.63) is 175 Å². The van der Waals surface area contributed by atoms with Gasteiger partial charge in [0.2, 0.25) is 80.1 Å². The molecule has 0 bridgehead atoms. The van der Waals surface area contributed by atoms with Gasteiger partial charge in [-0.25, -0.2) is 8.42 Å². The highest BCUT2D eigenvalue weighted by Gasteiger charge is 2.38. The van der Waals surface area contributed by atoms with Crippen molar-refractivity contribution < 1.29 is 70.4 Å². The van der Waals surface area contributed by atoms with Crippen molar-refractivity contribution in [1.82, 2.24) is 61.6 Å². The number of benzene rings is 6. The molecule has 124 heavy (non-hydrogen) atoms. The Labute approximate surface area is 724 Å². The highest BCUT2D eigenvalue weighted by molar-refractivity contribution is 7.89. The van der Waals surface area contributed by atoms with Crippen LogP contribution in [0.25, 0.3) is 33.4 Å². The van der Waals surface area contributed by atoms with Gasteiger partial charge in [0, 0.05) is 134 Å². The van der Waals surface area contributed by atoms with Crippen molar-refractivity contribution in [2.45, 2.75) is 127 Å². The quantitative estimate of drug-likeness (QED) is 0.00484. The van der Waals surface area contributed by atoms with E-state index in [-0.39, 0.29) is 125 Å². The van der Waals surface area contributed by atoms with Crippen LogP contribution in [0, 0.1) is 17.8 Å². The number of amides is 12. The van der Waals surface area contributed by atoms with Crippen LogP contribution in [-0.2, 0) is 74.0 Å². The lowest BCUT2D eigenvalue weighted by molar-refractivity contribution is -0.138. The molecule has 0 aromatic heterocycles. The summed E-state index contributed by atoms with van der Waals surface area (Å²) in [6.45, 7) is 6.19. The molecule has 6 atom stereocenters. The number of rotatable bonds is 41. The summed E-state index contributed by atoms with van der Waals surface area (Å²) in [6, 6.07) is 40.3. The summed E-state index contributed by atoms with van der Waals surface area (Å²) in [5.74, 6) is -8.82. The van der Waals surface area contributed by atoms with Gasteiger partial charge in [-0.3, -0.25) is 72.4 Å². The van der Waals surface area contributed by atoms with E-state index in [2.05, 4.69) is 79.9 Å². The third kappa shape index (κ3) is 28.0. The summed E-state index contributed by atoms with van der Waals surface area (Å²) in [6.07, 6.45) is 3.13. The van der Waals surface area contributed by atoms with E-state index in [4.69, 9.17) is 38.8 Å². The molecule has 38 heteroatoms. The number of nitrogens with zero attached hydrogens (tertiary/aromatic N) is 6. The van der Waals surface area contributed by atoms with Crippen LogP contribution < -0.4 is 97.1 Å². The second-order valence-corrected chi connectivity index (χ2v) is 32.7. The van der Waals surface area contributed by atoms with E-state index in [9.17, 15) is 66.0 Å². The topological polar surface area (TPSA) is 554 Å². The van der Waals surface area contributed by atoms with Crippen molar-refractivity contribution in [1.29, 1.82) is 0 Å². The van der Waals surface area contributed by atoms with E-state index >= 15 is 0 Å². The van der Waals surface area contributed by atoms with Crippen LogP contribution in [0.4, 0.5) is 17.1 Å². The van der Waals surface area contributed by atoms with Crippen LogP contribution in [0.2, 0.25) is 0 Å². The van der Waals surface area contributed by atoms with Gasteiger partial charge in [0.1, 0.15) is 61.3 Å². The maximum Gasteiger partial charge on any atom is 0.255 e. The molecule has 1 aliphatic carbocycles. The maximum atomic E-state index is 14.6. The smallest absolute Gasteiger partial charge is 0.255 e. The summed E-state index contributed by atoms with van der Waals surface area (Å²) >= 11 is 4.17. The monoisotopic (exact) mass is 1740 g/mol. The van der Waals surface area contributed by atoms with Crippen molar-refractivity contribution in [2.75, 3.05) is 77.2 Å². The Morgan fingerprint density at radius 1 is 0.597 bits per heavy atom. The van der Waals surface area contributed by atoms with Crippen molar-refractivity contribution in [2.24, 2.45) is 62.1 Å². The molecule has 0 unspecified atom stereocenters. The highest BCUT2D eigenvalue weighted by atomic mass is 32.2. The van der Waals surface area contributed by atoms with E-state index < -0.39 is 130 Å². The molecule has 5 aromatic carbocycles. The van der Waals surface area contributed by atoms with Gasteiger partial charge in [0.05, 0.1) is 24.1 Å². The van der Waals surface area contributed by atoms with Gasteiger partial charge < -0.3 is 91.6 Å². The second kappa shape index (κ2) is 46.8. The second-order valence-electron chi connectivity index (χ2n) is 30.4. The van der Waals surface area contributed by atoms with Gasteiger partial charge >= 0.3 is 0 Å². The molecule has 0 spiro atoms.